The third-order valence-corrected chi connectivity index (χ3v) is 4.16. The summed E-state index contributed by atoms with van der Waals surface area (Å²) in [4.78, 5) is 12.1. The van der Waals surface area contributed by atoms with Crippen molar-refractivity contribution in [2.75, 3.05) is 24.4 Å². The maximum absolute atomic E-state index is 12.1. The number of benzene rings is 3. The lowest BCUT2D eigenvalue weighted by atomic mass is 10.2. The summed E-state index contributed by atoms with van der Waals surface area (Å²) in [7, 11) is 1.59. The molecule has 0 unspecified atom stereocenters. The summed E-state index contributed by atoms with van der Waals surface area (Å²) in [6.45, 7) is 2.63. The first-order valence-electron chi connectivity index (χ1n) is 9.09. The fourth-order valence-electron chi connectivity index (χ4n) is 2.76. The van der Waals surface area contributed by atoms with E-state index in [1.54, 1.807) is 7.11 Å². The molecule has 144 valence electrons. The number of hydrogen-bond acceptors (Lipinski definition) is 4. The van der Waals surface area contributed by atoms with E-state index in [9.17, 15) is 4.79 Å². The SMILES string of the molecule is COc1cc(CNc2cccc(C)c2)ccc1OCC(=O)Nc1ccccc1. The third-order valence-electron chi connectivity index (χ3n) is 4.16. The smallest absolute Gasteiger partial charge is 0.262 e. The first-order valence-corrected chi connectivity index (χ1v) is 9.09. The number of ether oxygens (including phenoxy) is 2. The van der Waals surface area contributed by atoms with Crippen LogP contribution in [0, 0.1) is 6.92 Å². The minimum atomic E-state index is -0.224. The number of hydrogen-bond donors (Lipinski definition) is 2. The van der Waals surface area contributed by atoms with Gasteiger partial charge in [0.2, 0.25) is 0 Å². The number of rotatable bonds is 8. The van der Waals surface area contributed by atoms with Crippen LogP contribution in [0.1, 0.15) is 11.1 Å². The largest absolute Gasteiger partial charge is 0.493 e. The van der Waals surface area contributed by atoms with E-state index in [0.29, 0.717) is 18.0 Å². The van der Waals surface area contributed by atoms with Crippen LogP contribution in [0.4, 0.5) is 11.4 Å². The van der Waals surface area contributed by atoms with Gasteiger partial charge >= 0.3 is 0 Å². The van der Waals surface area contributed by atoms with E-state index in [1.807, 2.05) is 60.7 Å². The molecule has 0 saturated carbocycles. The van der Waals surface area contributed by atoms with Crippen molar-refractivity contribution in [2.45, 2.75) is 13.5 Å². The molecule has 3 rings (SSSR count). The number of nitrogens with one attached hydrogen (secondary N) is 2. The molecule has 0 aliphatic rings. The van der Waals surface area contributed by atoms with Gasteiger partial charge in [-0.15, -0.1) is 0 Å². The maximum Gasteiger partial charge on any atom is 0.262 e. The number of anilines is 2. The molecule has 2 N–H and O–H groups in total. The average Bonchev–Trinajstić information content (AvgIpc) is 2.72. The molecule has 0 fully saturated rings. The lowest BCUT2D eigenvalue weighted by Gasteiger charge is -2.13. The molecule has 0 bridgehead atoms. The normalized spacial score (nSPS) is 10.2. The highest BCUT2D eigenvalue weighted by atomic mass is 16.5. The van der Waals surface area contributed by atoms with Crippen molar-refractivity contribution in [3.8, 4) is 11.5 Å². The van der Waals surface area contributed by atoms with Crippen LogP contribution in [-0.2, 0) is 11.3 Å². The minimum Gasteiger partial charge on any atom is -0.493 e. The van der Waals surface area contributed by atoms with Crippen LogP contribution in [0.2, 0.25) is 0 Å². The van der Waals surface area contributed by atoms with Crippen LogP contribution in [0.25, 0.3) is 0 Å². The van der Waals surface area contributed by atoms with Crippen LogP contribution in [0.15, 0.2) is 72.8 Å². The molecule has 0 aromatic heterocycles. The number of methoxy groups -OCH3 is 1. The van der Waals surface area contributed by atoms with Gasteiger partial charge in [-0.1, -0.05) is 36.4 Å². The van der Waals surface area contributed by atoms with E-state index in [1.165, 1.54) is 5.56 Å². The van der Waals surface area contributed by atoms with Crippen LogP contribution in [0.5, 0.6) is 11.5 Å². The van der Waals surface area contributed by atoms with Crippen molar-refractivity contribution in [1.29, 1.82) is 0 Å². The van der Waals surface area contributed by atoms with Gasteiger partial charge < -0.3 is 20.1 Å². The van der Waals surface area contributed by atoms with E-state index < -0.39 is 0 Å². The molecule has 0 saturated heterocycles. The zero-order valence-corrected chi connectivity index (χ0v) is 16.1. The number of para-hydroxylation sites is 1. The second-order valence-electron chi connectivity index (χ2n) is 6.41. The maximum atomic E-state index is 12.1. The highest BCUT2D eigenvalue weighted by Crippen LogP contribution is 2.28. The Morgan fingerprint density at radius 2 is 1.68 bits per heavy atom. The zero-order chi connectivity index (χ0) is 19.8. The van der Waals surface area contributed by atoms with Gasteiger partial charge in [0.05, 0.1) is 7.11 Å². The Balaban J connectivity index is 1.57. The van der Waals surface area contributed by atoms with Crippen molar-refractivity contribution in [1.82, 2.24) is 0 Å². The molecular formula is C23H24N2O3. The molecular weight excluding hydrogens is 352 g/mol. The second kappa shape index (κ2) is 9.46. The summed E-state index contributed by atoms with van der Waals surface area (Å²) < 4.78 is 11.1. The zero-order valence-electron chi connectivity index (χ0n) is 16.1. The van der Waals surface area contributed by atoms with Crippen molar-refractivity contribution < 1.29 is 14.3 Å². The lowest BCUT2D eigenvalue weighted by Crippen LogP contribution is -2.20. The van der Waals surface area contributed by atoms with Gasteiger partial charge in [0.1, 0.15) is 0 Å². The Bertz CT molecular complexity index is 926. The van der Waals surface area contributed by atoms with Crippen LogP contribution in [-0.4, -0.2) is 19.6 Å². The van der Waals surface area contributed by atoms with E-state index in [0.717, 1.165) is 16.9 Å². The number of aryl methyl sites for hydroxylation is 1. The summed E-state index contributed by atoms with van der Waals surface area (Å²) in [5.74, 6) is 0.902. The van der Waals surface area contributed by atoms with Crippen LogP contribution >= 0.6 is 0 Å². The first kappa shape index (κ1) is 19.3. The van der Waals surface area contributed by atoms with Gasteiger partial charge in [-0.3, -0.25) is 4.79 Å². The average molecular weight is 376 g/mol. The molecule has 5 nitrogen and oxygen atoms in total. The van der Waals surface area contributed by atoms with E-state index >= 15 is 0 Å². The molecule has 3 aromatic carbocycles. The predicted molar refractivity (Wildman–Crippen MR) is 112 cm³/mol. The monoisotopic (exact) mass is 376 g/mol. The molecule has 28 heavy (non-hydrogen) atoms. The van der Waals surface area contributed by atoms with Gasteiger partial charge in [-0.05, 0) is 54.4 Å². The summed E-state index contributed by atoms with van der Waals surface area (Å²) >= 11 is 0. The van der Waals surface area contributed by atoms with E-state index in [4.69, 9.17) is 9.47 Å². The molecule has 0 aliphatic heterocycles. The van der Waals surface area contributed by atoms with Crippen molar-refractivity contribution in [3.05, 3.63) is 83.9 Å². The molecule has 0 atom stereocenters. The standard InChI is InChI=1S/C23H24N2O3/c1-17-7-6-10-20(13-17)24-15-18-11-12-21(22(14-18)27-2)28-16-23(26)25-19-8-4-3-5-9-19/h3-14,24H,15-16H2,1-2H3,(H,25,26). The summed E-state index contributed by atoms with van der Waals surface area (Å²) in [5, 5.41) is 6.18. The quantitative estimate of drug-likeness (QED) is 0.602. The van der Waals surface area contributed by atoms with Gasteiger partial charge in [-0.25, -0.2) is 0 Å². The van der Waals surface area contributed by atoms with Crippen molar-refractivity contribution >= 4 is 17.3 Å². The summed E-state index contributed by atoms with van der Waals surface area (Å²) in [6.07, 6.45) is 0. The van der Waals surface area contributed by atoms with Gasteiger partial charge in [0.25, 0.3) is 5.91 Å². The fourth-order valence-corrected chi connectivity index (χ4v) is 2.76. The van der Waals surface area contributed by atoms with E-state index in [2.05, 4.69) is 29.7 Å². The van der Waals surface area contributed by atoms with Gasteiger partial charge in [0.15, 0.2) is 18.1 Å². The molecule has 0 radical (unpaired) electrons. The molecule has 5 heteroatoms. The van der Waals surface area contributed by atoms with Gasteiger partial charge in [-0.2, -0.15) is 0 Å². The Kier molecular flexibility index (Phi) is 6.52. The number of amides is 1. The molecule has 1 amide bonds. The predicted octanol–water partition coefficient (Wildman–Crippen LogP) is 4.63. The molecule has 0 aliphatic carbocycles. The molecule has 0 spiro atoms. The van der Waals surface area contributed by atoms with E-state index in [-0.39, 0.29) is 12.5 Å². The Morgan fingerprint density at radius 1 is 0.893 bits per heavy atom. The summed E-state index contributed by atoms with van der Waals surface area (Å²) in [5.41, 5.74) is 4.07. The number of carbonyl (C=O) groups excluding carboxylic acids is 1. The lowest BCUT2D eigenvalue weighted by molar-refractivity contribution is -0.118. The molecule has 3 aromatic rings. The second-order valence-corrected chi connectivity index (χ2v) is 6.41. The number of carbonyl (C=O) groups is 1. The van der Waals surface area contributed by atoms with Crippen molar-refractivity contribution in [3.63, 3.8) is 0 Å². The minimum absolute atomic E-state index is 0.0911. The van der Waals surface area contributed by atoms with Crippen molar-refractivity contribution in [2.24, 2.45) is 0 Å². The first-order chi connectivity index (χ1) is 13.6. The van der Waals surface area contributed by atoms with Crippen LogP contribution < -0.4 is 20.1 Å². The van der Waals surface area contributed by atoms with Gasteiger partial charge in [0, 0.05) is 17.9 Å². The Hall–Kier alpha value is -3.47. The summed E-state index contributed by atoms with van der Waals surface area (Å²) in [6, 6.07) is 23.2. The highest BCUT2D eigenvalue weighted by Gasteiger charge is 2.09. The topological polar surface area (TPSA) is 59.6 Å². The van der Waals surface area contributed by atoms with Crippen LogP contribution in [0.3, 0.4) is 0 Å². The fraction of sp³-hybridized carbons (Fsp3) is 0.174. The Labute approximate surface area is 165 Å². The highest BCUT2D eigenvalue weighted by molar-refractivity contribution is 5.91. The molecule has 0 heterocycles. The third kappa shape index (κ3) is 5.51. The Morgan fingerprint density at radius 3 is 2.43 bits per heavy atom.